The second-order valence-electron chi connectivity index (χ2n) is 6.36. The largest absolute Gasteiger partial charge is 0.493 e. The summed E-state index contributed by atoms with van der Waals surface area (Å²) in [6.07, 6.45) is 0.563. The summed E-state index contributed by atoms with van der Waals surface area (Å²) in [6, 6.07) is 14.7. The number of carbonyl (C=O) groups is 2. The second kappa shape index (κ2) is 5.98. The molecule has 2 aliphatic rings. The van der Waals surface area contributed by atoms with E-state index in [1.165, 1.54) is 14.0 Å². The van der Waals surface area contributed by atoms with Crippen LogP contribution in [0.25, 0.3) is 0 Å². The summed E-state index contributed by atoms with van der Waals surface area (Å²) < 4.78 is 15.8. The molecule has 1 heterocycles. The van der Waals surface area contributed by atoms with Crippen LogP contribution < -0.4 is 9.47 Å². The van der Waals surface area contributed by atoms with Crippen LogP contribution >= 0.6 is 0 Å². The van der Waals surface area contributed by atoms with Crippen LogP contribution in [0.1, 0.15) is 30.4 Å². The lowest BCUT2D eigenvalue weighted by Gasteiger charge is -2.10. The Balaban J connectivity index is 1.64. The third-order valence-electron chi connectivity index (χ3n) is 4.64. The first-order valence-electron chi connectivity index (χ1n) is 8.27. The molecule has 2 atom stereocenters. The molecule has 6 nitrogen and oxygen atoms in total. The van der Waals surface area contributed by atoms with Crippen molar-refractivity contribution in [1.29, 1.82) is 0 Å². The molecular weight excluding hydrogens is 334 g/mol. The van der Waals surface area contributed by atoms with E-state index < -0.39 is 11.5 Å². The Kier molecular flexibility index (Phi) is 3.76. The molecule has 1 spiro atoms. The van der Waals surface area contributed by atoms with Gasteiger partial charge in [-0.1, -0.05) is 24.3 Å². The summed E-state index contributed by atoms with van der Waals surface area (Å²) in [5.74, 6) is 0.254. The highest BCUT2D eigenvalue weighted by atomic mass is 16.6. The summed E-state index contributed by atoms with van der Waals surface area (Å²) in [4.78, 5) is 28.4. The number of hydrogen-bond acceptors (Lipinski definition) is 6. The van der Waals surface area contributed by atoms with E-state index in [4.69, 9.17) is 14.2 Å². The summed E-state index contributed by atoms with van der Waals surface area (Å²) in [6.45, 7) is 1.33. The summed E-state index contributed by atoms with van der Waals surface area (Å²) in [7, 11) is 1.51. The molecule has 0 aromatic heterocycles. The van der Waals surface area contributed by atoms with Crippen LogP contribution in [0.5, 0.6) is 11.5 Å². The molecule has 1 unspecified atom stereocenters. The van der Waals surface area contributed by atoms with Gasteiger partial charge in [-0.2, -0.15) is 0 Å². The number of carbonyl (C=O) groups excluding carboxylic acids is 2. The van der Waals surface area contributed by atoms with Crippen LogP contribution in [0.3, 0.4) is 0 Å². The number of ether oxygens (including phenoxy) is 3. The molecule has 0 amide bonds. The molecule has 1 aliphatic heterocycles. The van der Waals surface area contributed by atoms with E-state index in [9.17, 15) is 9.59 Å². The fraction of sp³-hybridized carbons (Fsp3) is 0.250. The van der Waals surface area contributed by atoms with E-state index in [1.54, 1.807) is 12.1 Å². The fourth-order valence-corrected chi connectivity index (χ4v) is 3.27. The van der Waals surface area contributed by atoms with Gasteiger partial charge in [0.05, 0.1) is 7.11 Å². The molecule has 0 bridgehead atoms. The number of aliphatic imine (C=N–C) groups is 1. The number of cyclic esters (lactones) is 1. The van der Waals surface area contributed by atoms with E-state index in [1.807, 2.05) is 36.4 Å². The smallest absolute Gasteiger partial charge is 0.341 e. The summed E-state index contributed by atoms with van der Waals surface area (Å²) >= 11 is 0. The standard InChI is InChI=1S/C20H17NO5/c1-12(22)25-17-10-14(8-9-16(17)24-2)15-11-20(15)19(23)26-18(21-20)13-6-4-3-5-7-13/h3-10,15H,11H2,1-2H3/t15-,20?/m0/s1. The minimum Gasteiger partial charge on any atom is -0.493 e. The van der Waals surface area contributed by atoms with Gasteiger partial charge in [-0.15, -0.1) is 0 Å². The molecule has 0 radical (unpaired) electrons. The van der Waals surface area contributed by atoms with Gasteiger partial charge in [0, 0.05) is 18.4 Å². The maximum Gasteiger partial charge on any atom is 0.341 e. The van der Waals surface area contributed by atoms with Gasteiger partial charge in [0.1, 0.15) is 0 Å². The molecule has 2 aromatic carbocycles. The lowest BCUT2D eigenvalue weighted by atomic mass is 10.1. The van der Waals surface area contributed by atoms with Crippen LogP contribution in [0, 0.1) is 0 Å². The first-order chi connectivity index (χ1) is 12.5. The average molecular weight is 351 g/mol. The number of nitrogens with zero attached hydrogens (tertiary/aromatic N) is 1. The van der Waals surface area contributed by atoms with Gasteiger partial charge in [0.15, 0.2) is 17.0 Å². The Morgan fingerprint density at radius 3 is 2.65 bits per heavy atom. The molecule has 1 saturated carbocycles. The van der Waals surface area contributed by atoms with E-state index in [0.717, 1.165) is 11.1 Å². The summed E-state index contributed by atoms with van der Waals surface area (Å²) in [5.41, 5.74) is 0.753. The first-order valence-corrected chi connectivity index (χ1v) is 8.27. The first kappa shape index (κ1) is 16.3. The van der Waals surface area contributed by atoms with Gasteiger partial charge in [-0.05, 0) is 36.2 Å². The molecule has 1 fully saturated rings. The van der Waals surface area contributed by atoms with Crippen LogP contribution in [-0.2, 0) is 14.3 Å². The molecule has 132 valence electrons. The van der Waals surface area contributed by atoms with Gasteiger partial charge >= 0.3 is 11.9 Å². The maximum atomic E-state index is 12.5. The van der Waals surface area contributed by atoms with Gasteiger partial charge in [0.2, 0.25) is 5.90 Å². The van der Waals surface area contributed by atoms with E-state index >= 15 is 0 Å². The van der Waals surface area contributed by atoms with Crippen molar-refractivity contribution >= 4 is 17.8 Å². The Morgan fingerprint density at radius 1 is 1.19 bits per heavy atom. The minimum absolute atomic E-state index is 0.114. The van der Waals surface area contributed by atoms with Crippen molar-refractivity contribution in [2.24, 2.45) is 4.99 Å². The Morgan fingerprint density at radius 2 is 1.96 bits per heavy atom. The SMILES string of the molecule is COc1ccc([C@@H]2CC23N=C(c2ccccc2)OC3=O)cc1OC(C)=O. The van der Waals surface area contributed by atoms with Crippen molar-refractivity contribution in [3.05, 3.63) is 59.7 Å². The number of hydrogen-bond donors (Lipinski definition) is 0. The highest BCUT2D eigenvalue weighted by Crippen LogP contribution is 2.58. The highest BCUT2D eigenvalue weighted by Gasteiger charge is 2.65. The lowest BCUT2D eigenvalue weighted by Crippen LogP contribution is -2.18. The van der Waals surface area contributed by atoms with Gasteiger partial charge in [-0.3, -0.25) is 4.79 Å². The highest BCUT2D eigenvalue weighted by molar-refractivity contribution is 6.10. The van der Waals surface area contributed by atoms with Crippen LogP contribution in [-0.4, -0.2) is 30.5 Å². The lowest BCUT2D eigenvalue weighted by molar-refractivity contribution is -0.136. The molecule has 1 aliphatic carbocycles. The van der Waals surface area contributed by atoms with Gasteiger partial charge in [-0.25, -0.2) is 9.79 Å². The second-order valence-corrected chi connectivity index (χ2v) is 6.36. The van der Waals surface area contributed by atoms with E-state index in [2.05, 4.69) is 4.99 Å². The fourth-order valence-electron chi connectivity index (χ4n) is 3.27. The van der Waals surface area contributed by atoms with E-state index in [0.29, 0.717) is 23.8 Å². The van der Waals surface area contributed by atoms with E-state index in [-0.39, 0.29) is 11.9 Å². The molecule has 4 rings (SSSR count). The van der Waals surface area contributed by atoms with Crippen LogP contribution in [0.4, 0.5) is 0 Å². The molecule has 0 N–H and O–H groups in total. The third kappa shape index (κ3) is 2.63. The zero-order valence-electron chi connectivity index (χ0n) is 14.4. The van der Waals surface area contributed by atoms with Crippen LogP contribution in [0.15, 0.2) is 53.5 Å². The molecular formula is C20H17NO5. The number of rotatable bonds is 4. The van der Waals surface area contributed by atoms with Crippen molar-refractivity contribution < 1.29 is 23.8 Å². The molecule has 26 heavy (non-hydrogen) atoms. The Bertz CT molecular complexity index is 921. The van der Waals surface area contributed by atoms with Crippen molar-refractivity contribution in [1.82, 2.24) is 0 Å². The molecule has 2 aromatic rings. The Labute approximate surface area is 150 Å². The zero-order chi connectivity index (χ0) is 18.3. The predicted molar refractivity (Wildman–Crippen MR) is 93.5 cm³/mol. The van der Waals surface area contributed by atoms with Crippen molar-refractivity contribution in [2.45, 2.75) is 24.8 Å². The normalized spacial score (nSPS) is 23.4. The maximum absolute atomic E-state index is 12.5. The predicted octanol–water partition coefficient (Wildman–Crippen LogP) is 2.85. The molecule has 6 heteroatoms. The van der Waals surface area contributed by atoms with Crippen LogP contribution in [0.2, 0.25) is 0 Å². The number of esters is 2. The monoisotopic (exact) mass is 351 g/mol. The summed E-state index contributed by atoms with van der Waals surface area (Å²) in [5, 5.41) is 0. The van der Waals surface area contributed by atoms with Crippen molar-refractivity contribution in [2.75, 3.05) is 7.11 Å². The molecule has 0 saturated heterocycles. The zero-order valence-corrected chi connectivity index (χ0v) is 14.4. The topological polar surface area (TPSA) is 74.2 Å². The quantitative estimate of drug-likeness (QED) is 0.625. The number of benzene rings is 2. The van der Waals surface area contributed by atoms with Gasteiger partial charge < -0.3 is 14.2 Å². The van der Waals surface area contributed by atoms with Crippen molar-refractivity contribution in [3.63, 3.8) is 0 Å². The minimum atomic E-state index is -0.882. The van der Waals surface area contributed by atoms with Gasteiger partial charge in [0.25, 0.3) is 0 Å². The average Bonchev–Trinajstić information content (AvgIpc) is 3.27. The Hall–Kier alpha value is -3.15. The number of methoxy groups -OCH3 is 1. The third-order valence-corrected chi connectivity index (χ3v) is 4.64. The van der Waals surface area contributed by atoms with Crippen molar-refractivity contribution in [3.8, 4) is 11.5 Å².